The molecule has 0 saturated carbocycles. The molecule has 0 aliphatic carbocycles. The van der Waals surface area contributed by atoms with E-state index in [0.717, 1.165) is 10.4 Å². The lowest BCUT2D eigenvalue weighted by atomic mass is 9.88. The molecular formula is C14H26N2O2S2. The van der Waals surface area contributed by atoms with Gasteiger partial charge in [-0.2, -0.15) is 4.31 Å². The largest absolute Gasteiger partial charge is 0.315 e. The van der Waals surface area contributed by atoms with Crippen LogP contribution in [0.3, 0.4) is 0 Å². The first-order valence-electron chi connectivity index (χ1n) is 6.73. The Balaban J connectivity index is 3.14. The summed E-state index contributed by atoms with van der Waals surface area (Å²) in [4.78, 5) is 1.07. The first kappa shape index (κ1) is 17.6. The van der Waals surface area contributed by atoms with Crippen LogP contribution in [0.5, 0.6) is 0 Å². The highest BCUT2D eigenvalue weighted by molar-refractivity contribution is 7.91. The summed E-state index contributed by atoms with van der Waals surface area (Å²) in [6.07, 6.45) is 0. The van der Waals surface area contributed by atoms with E-state index in [1.54, 1.807) is 13.1 Å². The van der Waals surface area contributed by atoms with Crippen LogP contribution in [0.25, 0.3) is 0 Å². The van der Waals surface area contributed by atoms with Crippen molar-refractivity contribution in [3.8, 4) is 0 Å². The zero-order valence-corrected chi connectivity index (χ0v) is 15.1. The maximum atomic E-state index is 12.7. The zero-order chi connectivity index (χ0) is 15.7. The molecule has 6 heteroatoms. The number of nitrogens with zero attached hydrogens (tertiary/aromatic N) is 1. The van der Waals surface area contributed by atoms with Crippen molar-refractivity contribution >= 4 is 21.4 Å². The number of hydrogen-bond acceptors (Lipinski definition) is 4. The smallest absolute Gasteiger partial charge is 0.252 e. The van der Waals surface area contributed by atoms with Gasteiger partial charge >= 0.3 is 0 Å². The van der Waals surface area contributed by atoms with E-state index in [0.29, 0.717) is 10.8 Å². The quantitative estimate of drug-likeness (QED) is 0.908. The van der Waals surface area contributed by atoms with Crippen LogP contribution in [0.15, 0.2) is 10.3 Å². The highest BCUT2D eigenvalue weighted by Gasteiger charge is 2.33. The van der Waals surface area contributed by atoms with Crippen molar-refractivity contribution in [1.29, 1.82) is 0 Å². The first-order valence-corrected chi connectivity index (χ1v) is 8.99. The molecule has 1 heterocycles. The summed E-state index contributed by atoms with van der Waals surface area (Å²) >= 11 is 1.36. The van der Waals surface area contributed by atoms with E-state index in [4.69, 9.17) is 0 Å². The van der Waals surface area contributed by atoms with Crippen LogP contribution in [0.2, 0.25) is 0 Å². The minimum Gasteiger partial charge on any atom is -0.315 e. The average molecular weight is 319 g/mol. The summed E-state index contributed by atoms with van der Waals surface area (Å²) in [5.74, 6) is 0. The number of nitrogens with one attached hydrogen (secondary N) is 1. The molecule has 1 rings (SSSR count). The van der Waals surface area contributed by atoms with Gasteiger partial charge < -0.3 is 5.32 Å². The number of aryl methyl sites for hydroxylation is 1. The summed E-state index contributed by atoms with van der Waals surface area (Å²) < 4.78 is 27.3. The van der Waals surface area contributed by atoms with E-state index in [2.05, 4.69) is 26.1 Å². The third-order valence-corrected chi connectivity index (χ3v) is 7.38. The monoisotopic (exact) mass is 318 g/mol. The van der Waals surface area contributed by atoms with E-state index in [9.17, 15) is 8.42 Å². The Morgan fingerprint density at radius 3 is 2.40 bits per heavy atom. The molecule has 0 aliphatic rings. The lowest BCUT2D eigenvalue weighted by Gasteiger charge is -2.34. The van der Waals surface area contributed by atoms with Gasteiger partial charge in [-0.25, -0.2) is 8.42 Å². The Kier molecular flexibility index (Phi) is 5.40. The molecular weight excluding hydrogens is 292 g/mol. The molecule has 1 aromatic rings. The van der Waals surface area contributed by atoms with Gasteiger partial charge in [-0.05, 0) is 37.9 Å². The fourth-order valence-electron chi connectivity index (χ4n) is 1.85. The number of thiophene rings is 1. The molecule has 1 N–H and O–H groups in total. The Morgan fingerprint density at radius 2 is 1.95 bits per heavy atom. The Morgan fingerprint density at radius 1 is 1.40 bits per heavy atom. The molecule has 1 atom stereocenters. The Labute approximate surface area is 127 Å². The third-order valence-electron chi connectivity index (χ3n) is 3.77. The van der Waals surface area contributed by atoms with Gasteiger partial charge in [0.1, 0.15) is 4.21 Å². The molecule has 0 spiro atoms. The van der Waals surface area contributed by atoms with Crippen molar-refractivity contribution in [2.75, 3.05) is 14.1 Å². The summed E-state index contributed by atoms with van der Waals surface area (Å²) in [5, 5.41) is 3.07. The molecule has 0 saturated heterocycles. The molecule has 0 radical (unpaired) electrons. The van der Waals surface area contributed by atoms with Crippen LogP contribution < -0.4 is 5.32 Å². The summed E-state index contributed by atoms with van der Waals surface area (Å²) in [7, 11) is 0.110. The molecule has 1 unspecified atom stereocenters. The molecule has 116 valence electrons. The summed E-state index contributed by atoms with van der Waals surface area (Å²) in [5.41, 5.74) is 0.932. The van der Waals surface area contributed by atoms with Crippen molar-refractivity contribution < 1.29 is 8.42 Å². The van der Waals surface area contributed by atoms with E-state index < -0.39 is 10.0 Å². The molecule has 0 bridgehead atoms. The fourth-order valence-corrected chi connectivity index (χ4v) is 5.18. The summed E-state index contributed by atoms with van der Waals surface area (Å²) in [6, 6.07) is 1.71. The lowest BCUT2D eigenvalue weighted by Crippen LogP contribution is -2.42. The van der Waals surface area contributed by atoms with E-state index in [-0.39, 0.29) is 11.5 Å². The second-order valence-electron chi connectivity index (χ2n) is 6.27. The fraction of sp³-hybridized carbons (Fsp3) is 0.714. The highest BCUT2D eigenvalue weighted by atomic mass is 32.2. The minimum absolute atomic E-state index is 0.0670. The van der Waals surface area contributed by atoms with Crippen LogP contribution in [0, 0.1) is 12.3 Å². The normalized spacial score (nSPS) is 14.8. The Hall–Kier alpha value is -0.430. The van der Waals surface area contributed by atoms with Gasteiger partial charge in [-0.15, -0.1) is 11.3 Å². The molecule has 20 heavy (non-hydrogen) atoms. The van der Waals surface area contributed by atoms with E-state index in [1.807, 2.05) is 20.9 Å². The second kappa shape index (κ2) is 6.13. The van der Waals surface area contributed by atoms with Gasteiger partial charge in [0.25, 0.3) is 10.0 Å². The van der Waals surface area contributed by atoms with Gasteiger partial charge in [0.15, 0.2) is 0 Å². The standard InChI is InChI=1S/C14H26N2O2S2/c1-10-8-13(19-12(10)9-15-6)20(17,18)16(7)11(2)14(3,4)5/h8,11,15H,9H2,1-7H3. The van der Waals surface area contributed by atoms with Crippen molar-refractivity contribution in [2.45, 2.75) is 51.4 Å². The van der Waals surface area contributed by atoms with E-state index in [1.165, 1.54) is 15.6 Å². The predicted molar refractivity (Wildman–Crippen MR) is 85.7 cm³/mol. The van der Waals surface area contributed by atoms with Gasteiger partial charge in [-0.1, -0.05) is 20.8 Å². The number of hydrogen-bond donors (Lipinski definition) is 1. The van der Waals surface area contributed by atoms with Gasteiger partial charge in [0.05, 0.1) is 0 Å². The first-order chi connectivity index (χ1) is 9.01. The van der Waals surface area contributed by atoms with Crippen molar-refractivity contribution in [2.24, 2.45) is 5.41 Å². The SMILES string of the molecule is CNCc1sc(S(=O)(=O)N(C)C(C)C(C)(C)C)cc1C. The minimum atomic E-state index is -3.42. The van der Waals surface area contributed by atoms with Crippen LogP contribution in [-0.4, -0.2) is 32.9 Å². The summed E-state index contributed by atoms with van der Waals surface area (Å²) in [6.45, 7) is 10.8. The zero-order valence-electron chi connectivity index (χ0n) is 13.4. The van der Waals surface area contributed by atoms with Gasteiger partial charge in [-0.3, -0.25) is 0 Å². The third kappa shape index (κ3) is 3.61. The van der Waals surface area contributed by atoms with Crippen molar-refractivity contribution in [3.05, 3.63) is 16.5 Å². The molecule has 0 aromatic carbocycles. The van der Waals surface area contributed by atoms with Crippen molar-refractivity contribution in [1.82, 2.24) is 9.62 Å². The van der Waals surface area contributed by atoms with Gasteiger partial charge in [0.2, 0.25) is 0 Å². The maximum Gasteiger partial charge on any atom is 0.252 e. The topological polar surface area (TPSA) is 49.4 Å². The maximum absolute atomic E-state index is 12.7. The number of rotatable bonds is 5. The Bertz CT molecular complexity index is 556. The van der Waals surface area contributed by atoms with Gasteiger partial charge in [0, 0.05) is 24.5 Å². The second-order valence-corrected chi connectivity index (χ2v) is 9.63. The highest BCUT2D eigenvalue weighted by Crippen LogP contribution is 2.32. The molecule has 0 amide bonds. The average Bonchev–Trinajstić information content (AvgIpc) is 2.69. The molecule has 0 aliphatic heterocycles. The molecule has 1 aromatic heterocycles. The van der Waals surface area contributed by atoms with Crippen LogP contribution in [0.1, 0.15) is 38.1 Å². The van der Waals surface area contributed by atoms with Crippen molar-refractivity contribution in [3.63, 3.8) is 0 Å². The van der Waals surface area contributed by atoms with Crippen LogP contribution in [0.4, 0.5) is 0 Å². The predicted octanol–water partition coefficient (Wildman–Crippen LogP) is 2.83. The van der Waals surface area contributed by atoms with E-state index >= 15 is 0 Å². The van der Waals surface area contributed by atoms with Crippen LogP contribution in [-0.2, 0) is 16.6 Å². The number of sulfonamides is 1. The van der Waals surface area contributed by atoms with Crippen LogP contribution >= 0.6 is 11.3 Å². The lowest BCUT2D eigenvalue weighted by molar-refractivity contribution is 0.217. The molecule has 4 nitrogen and oxygen atoms in total. The molecule has 0 fully saturated rings.